The molecule has 0 spiro atoms. The molecule has 0 saturated carbocycles. The zero-order valence-electron chi connectivity index (χ0n) is 17.2. The van der Waals surface area contributed by atoms with Crippen molar-refractivity contribution in [3.8, 4) is 0 Å². The summed E-state index contributed by atoms with van der Waals surface area (Å²) in [6.07, 6.45) is 8.12. The number of hydrogen-bond donors (Lipinski definition) is 3. The number of carboxylic acids is 1. The predicted molar refractivity (Wildman–Crippen MR) is 114 cm³/mol. The Hall–Kier alpha value is -1.90. The molecule has 0 radical (unpaired) electrons. The van der Waals surface area contributed by atoms with Crippen molar-refractivity contribution in [3.05, 3.63) is 35.4 Å². The molecule has 1 aromatic carbocycles. The normalized spacial score (nSPS) is 14.7. The molecule has 0 unspecified atom stereocenters. The SMILES string of the molecule is CC(C)OCCCNc1ccc(C(=O)O)cc1S(=O)(=O)NCCC1=CCCCC1. The molecule has 1 aliphatic carbocycles. The highest BCUT2D eigenvalue weighted by molar-refractivity contribution is 7.89. The highest BCUT2D eigenvalue weighted by Gasteiger charge is 2.21. The molecule has 8 heteroatoms. The third-order valence-corrected chi connectivity index (χ3v) is 6.23. The van der Waals surface area contributed by atoms with Gasteiger partial charge in [-0.15, -0.1) is 0 Å². The minimum atomic E-state index is -3.84. The number of rotatable bonds is 12. The van der Waals surface area contributed by atoms with Gasteiger partial charge in [0.2, 0.25) is 10.0 Å². The minimum Gasteiger partial charge on any atom is -0.478 e. The summed E-state index contributed by atoms with van der Waals surface area (Å²) in [7, 11) is -3.84. The first-order valence-electron chi connectivity index (χ1n) is 10.2. The first-order valence-corrected chi connectivity index (χ1v) is 11.7. The maximum Gasteiger partial charge on any atom is 0.335 e. The van der Waals surface area contributed by atoms with Gasteiger partial charge in [-0.3, -0.25) is 0 Å². The van der Waals surface area contributed by atoms with Gasteiger partial charge in [0.25, 0.3) is 0 Å². The molecule has 0 aliphatic heterocycles. The van der Waals surface area contributed by atoms with Gasteiger partial charge in [-0.1, -0.05) is 11.6 Å². The largest absolute Gasteiger partial charge is 0.478 e. The van der Waals surface area contributed by atoms with E-state index in [1.807, 2.05) is 13.8 Å². The topological polar surface area (TPSA) is 105 Å². The fraction of sp³-hybridized carbons (Fsp3) is 0.571. The van der Waals surface area contributed by atoms with Crippen molar-refractivity contribution >= 4 is 21.7 Å². The van der Waals surface area contributed by atoms with Crippen LogP contribution < -0.4 is 10.0 Å². The van der Waals surface area contributed by atoms with E-state index >= 15 is 0 Å². The van der Waals surface area contributed by atoms with E-state index in [4.69, 9.17) is 4.74 Å². The minimum absolute atomic E-state index is 0.0419. The second kappa shape index (κ2) is 11.3. The van der Waals surface area contributed by atoms with Crippen LogP contribution in [0.25, 0.3) is 0 Å². The van der Waals surface area contributed by atoms with Crippen molar-refractivity contribution in [2.45, 2.75) is 63.4 Å². The molecule has 0 atom stereocenters. The zero-order valence-corrected chi connectivity index (χ0v) is 18.1. The molecule has 1 aromatic rings. The van der Waals surface area contributed by atoms with Crippen molar-refractivity contribution in [1.82, 2.24) is 4.72 Å². The lowest BCUT2D eigenvalue weighted by molar-refractivity contribution is 0.0696. The average molecular weight is 425 g/mol. The van der Waals surface area contributed by atoms with E-state index in [1.54, 1.807) is 0 Å². The number of allylic oxidation sites excluding steroid dienone is 1. The van der Waals surface area contributed by atoms with Crippen molar-refractivity contribution in [2.24, 2.45) is 0 Å². The number of sulfonamides is 1. The number of anilines is 1. The fourth-order valence-electron chi connectivity index (χ4n) is 3.19. The summed E-state index contributed by atoms with van der Waals surface area (Å²) in [4.78, 5) is 11.3. The van der Waals surface area contributed by atoms with E-state index in [9.17, 15) is 18.3 Å². The lowest BCUT2D eigenvalue weighted by Gasteiger charge is -2.16. The number of nitrogens with one attached hydrogen (secondary N) is 2. The van der Waals surface area contributed by atoms with E-state index in [0.717, 1.165) is 19.3 Å². The highest BCUT2D eigenvalue weighted by atomic mass is 32.2. The van der Waals surface area contributed by atoms with Crippen LogP contribution in [-0.4, -0.2) is 45.3 Å². The Labute approximate surface area is 173 Å². The Morgan fingerprint density at radius 2 is 2.03 bits per heavy atom. The van der Waals surface area contributed by atoms with Crippen molar-refractivity contribution in [1.29, 1.82) is 0 Å². The Balaban J connectivity index is 2.06. The standard InChI is InChI=1S/C21H32N2O5S/c1-16(2)28-14-6-12-22-19-10-9-18(21(24)25)15-20(19)29(26,27)23-13-11-17-7-4-3-5-8-17/h7,9-10,15-16,22-23H,3-6,8,11-14H2,1-2H3,(H,24,25). The lowest BCUT2D eigenvalue weighted by Crippen LogP contribution is -2.26. The van der Waals surface area contributed by atoms with Crippen LogP contribution in [-0.2, 0) is 14.8 Å². The summed E-state index contributed by atoms with van der Waals surface area (Å²) in [5.74, 6) is -1.16. The number of ether oxygens (including phenoxy) is 1. The third kappa shape index (κ3) is 7.79. The maximum absolute atomic E-state index is 12.9. The van der Waals surface area contributed by atoms with Gasteiger partial charge in [-0.25, -0.2) is 17.9 Å². The molecule has 0 amide bonds. The predicted octanol–water partition coefficient (Wildman–Crippen LogP) is 3.78. The molecule has 162 valence electrons. The molecular weight excluding hydrogens is 392 g/mol. The summed E-state index contributed by atoms with van der Waals surface area (Å²) in [6.45, 7) is 5.30. The zero-order chi connectivity index (χ0) is 21.3. The molecular formula is C21H32N2O5S. The molecule has 3 N–H and O–H groups in total. The molecule has 0 aromatic heterocycles. The fourth-order valence-corrected chi connectivity index (χ4v) is 4.43. The second-order valence-corrected chi connectivity index (χ2v) is 9.21. The van der Waals surface area contributed by atoms with Gasteiger partial charge in [0.1, 0.15) is 4.90 Å². The van der Waals surface area contributed by atoms with Crippen molar-refractivity contribution in [3.63, 3.8) is 0 Å². The van der Waals surface area contributed by atoms with E-state index in [1.165, 1.54) is 30.2 Å². The molecule has 0 bridgehead atoms. The van der Waals surface area contributed by atoms with E-state index in [0.29, 0.717) is 38.2 Å². The maximum atomic E-state index is 12.9. The molecule has 0 saturated heterocycles. The van der Waals surface area contributed by atoms with Crippen LogP contribution >= 0.6 is 0 Å². The quantitative estimate of drug-likeness (QED) is 0.348. The van der Waals surface area contributed by atoms with Gasteiger partial charge in [0.05, 0.1) is 17.4 Å². The number of carbonyl (C=O) groups is 1. The van der Waals surface area contributed by atoms with E-state index in [-0.39, 0.29) is 16.6 Å². The van der Waals surface area contributed by atoms with Crippen LogP contribution in [0, 0.1) is 0 Å². The van der Waals surface area contributed by atoms with Crippen LogP contribution in [0.2, 0.25) is 0 Å². The van der Waals surface area contributed by atoms with Gasteiger partial charge in [0.15, 0.2) is 0 Å². The molecule has 1 aliphatic rings. The number of hydrogen-bond acceptors (Lipinski definition) is 5. The highest BCUT2D eigenvalue weighted by Crippen LogP contribution is 2.24. The molecule has 2 rings (SSSR count). The summed E-state index contributed by atoms with van der Waals surface area (Å²) < 4.78 is 33.8. The Bertz CT molecular complexity index is 818. The summed E-state index contributed by atoms with van der Waals surface area (Å²) in [5.41, 5.74) is 1.61. The summed E-state index contributed by atoms with van der Waals surface area (Å²) in [6, 6.07) is 4.11. The summed E-state index contributed by atoms with van der Waals surface area (Å²) >= 11 is 0. The monoisotopic (exact) mass is 424 g/mol. The van der Waals surface area contributed by atoms with Gasteiger partial charge in [-0.2, -0.15) is 0 Å². The van der Waals surface area contributed by atoms with Gasteiger partial charge in [-0.05, 0) is 70.6 Å². The van der Waals surface area contributed by atoms with Crippen molar-refractivity contribution in [2.75, 3.05) is 25.0 Å². The number of benzene rings is 1. The Kier molecular flexibility index (Phi) is 9.13. The van der Waals surface area contributed by atoms with Crippen LogP contribution in [0.3, 0.4) is 0 Å². The van der Waals surface area contributed by atoms with E-state index < -0.39 is 16.0 Å². The lowest BCUT2D eigenvalue weighted by atomic mass is 9.97. The first-order chi connectivity index (χ1) is 13.8. The molecule has 29 heavy (non-hydrogen) atoms. The van der Waals surface area contributed by atoms with Crippen LogP contribution in [0.15, 0.2) is 34.7 Å². The average Bonchev–Trinajstić information content (AvgIpc) is 2.68. The second-order valence-electron chi connectivity index (χ2n) is 7.47. The summed E-state index contributed by atoms with van der Waals surface area (Å²) in [5, 5.41) is 12.3. The molecule has 7 nitrogen and oxygen atoms in total. The Morgan fingerprint density at radius 3 is 2.69 bits per heavy atom. The number of carboxylic acid groups (broad SMARTS) is 1. The first kappa shape index (κ1) is 23.4. The van der Waals surface area contributed by atoms with Gasteiger partial charge < -0.3 is 15.2 Å². The molecule has 0 heterocycles. The van der Waals surface area contributed by atoms with Gasteiger partial charge >= 0.3 is 5.97 Å². The van der Waals surface area contributed by atoms with Crippen LogP contribution in [0.4, 0.5) is 5.69 Å². The van der Waals surface area contributed by atoms with Crippen molar-refractivity contribution < 1.29 is 23.1 Å². The smallest absolute Gasteiger partial charge is 0.335 e. The van der Waals surface area contributed by atoms with Gasteiger partial charge in [0, 0.05) is 19.7 Å². The molecule has 0 fully saturated rings. The third-order valence-electron chi connectivity index (χ3n) is 4.73. The van der Waals surface area contributed by atoms with Crippen LogP contribution in [0.5, 0.6) is 0 Å². The van der Waals surface area contributed by atoms with Crippen LogP contribution in [0.1, 0.15) is 62.7 Å². The number of aromatic carboxylic acids is 1. The van der Waals surface area contributed by atoms with E-state index in [2.05, 4.69) is 16.1 Å². The Morgan fingerprint density at radius 1 is 1.24 bits per heavy atom.